The molecule has 30 heavy (non-hydrogen) atoms. The first-order chi connectivity index (χ1) is 14.4. The van der Waals surface area contributed by atoms with Gasteiger partial charge in [0.25, 0.3) is 5.56 Å². The first kappa shape index (κ1) is 20.8. The molecule has 158 valence electrons. The molecular weight excluding hydrogens is 396 g/mol. The van der Waals surface area contributed by atoms with Crippen LogP contribution < -0.4 is 10.9 Å². The van der Waals surface area contributed by atoms with Crippen LogP contribution in [0.5, 0.6) is 0 Å². The van der Waals surface area contributed by atoms with Crippen LogP contribution in [0.2, 0.25) is 0 Å². The zero-order chi connectivity index (χ0) is 21.3. The molecule has 1 saturated carbocycles. The highest BCUT2D eigenvalue weighted by Crippen LogP contribution is 2.30. The van der Waals surface area contributed by atoms with Crippen molar-refractivity contribution in [2.75, 3.05) is 13.6 Å². The molecule has 4 rings (SSSR count). The van der Waals surface area contributed by atoms with Crippen molar-refractivity contribution in [1.82, 2.24) is 19.8 Å². The van der Waals surface area contributed by atoms with Crippen LogP contribution in [0.4, 0.5) is 0 Å². The lowest BCUT2D eigenvalue weighted by atomic mass is 10.1. The van der Waals surface area contributed by atoms with Gasteiger partial charge in [0.05, 0.1) is 11.7 Å². The second-order valence-corrected chi connectivity index (χ2v) is 9.10. The quantitative estimate of drug-likeness (QED) is 0.602. The van der Waals surface area contributed by atoms with Crippen molar-refractivity contribution < 1.29 is 4.79 Å². The van der Waals surface area contributed by atoms with Crippen molar-refractivity contribution in [1.29, 1.82) is 0 Å². The first-order valence-electron chi connectivity index (χ1n) is 10.5. The van der Waals surface area contributed by atoms with E-state index in [1.54, 1.807) is 10.9 Å². The van der Waals surface area contributed by atoms with Crippen molar-refractivity contribution in [2.45, 2.75) is 51.7 Å². The Morgan fingerprint density at radius 1 is 1.33 bits per heavy atom. The van der Waals surface area contributed by atoms with Crippen LogP contribution >= 0.6 is 11.3 Å². The largest absolute Gasteiger partial charge is 0.354 e. The predicted molar refractivity (Wildman–Crippen MR) is 122 cm³/mol. The maximum atomic E-state index is 13.1. The number of fused-ring (bicyclic) bond motifs is 1. The molecule has 6 nitrogen and oxygen atoms in total. The Morgan fingerprint density at radius 3 is 2.77 bits per heavy atom. The minimum absolute atomic E-state index is 0.0397. The molecule has 1 amide bonds. The molecule has 0 bridgehead atoms. The number of aryl methyl sites for hydroxylation is 2. The van der Waals surface area contributed by atoms with Gasteiger partial charge in [0.15, 0.2) is 0 Å². The summed E-state index contributed by atoms with van der Waals surface area (Å²) in [5.74, 6) is -0.0397. The minimum Gasteiger partial charge on any atom is -0.354 e. The van der Waals surface area contributed by atoms with Gasteiger partial charge >= 0.3 is 0 Å². The van der Waals surface area contributed by atoms with Crippen molar-refractivity contribution in [3.8, 4) is 11.1 Å². The molecule has 0 spiro atoms. The summed E-state index contributed by atoms with van der Waals surface area (Å²) < 4.78 is 1.55. The summed E-state index contributed by atoms with van der Waals surface area (Å²) in [5, 5.41) is 5.61. The van der Waals surface area contributed by atoms with Crippen molar-refractivity contribution >= 4 is 27.5 Å². The van der Waals surface area contributed by atoms with E-state index in [1.165, 1.54) is 29.7 Å². The standard InChI is InChI=1S/C23H28N4O2S/c1-15-4-6-17(7-5-15)19-13-30-22-21(19)23(29)27(14-25-22)11-10-20(28)24-12-16(2)26(3)18-8-9-18/h4-7,13-14,16,18H,8-12H2,1-3H3,(H,24,28). The van der Waals surface area contributed by atoms with Crippen LogP contribution in [0.3, 0.4) is 0 Å². The SMILES string of the molecule is Cc1ccc(-c2csc3ncn(CCC(=O)NCC(C)N(C)C4CC4)c(=O)c23)cc1. The number of carbonyl (C=O) groups excluding carboxylic acids is 1. The molecule has 1 atom stereocenters. The van der Waals surface area contributed by atoms with Gasteiger partial charge in [-0.25, -0.2) is 4.98 Å². The molecule has 7 heteroatoms. The third-order valence-electron chi connectivity index (χ3n) is 5.92. The Hall–Kier alpha value is -2.51. The summed E-state index contributed by atoms with van der Waals surface area (Å²) in [6, 6.07) is 9.12. The number of hydrogen-bond donors (Lipinski definition) is 1. The number of carbonyl (C=O) groups is 1. The Balaban J connectivity index is 1.43. The normalized spacial score (nSPS) is 14.9. The van der Waals surface area contributed by atoms with E-state index in [2.05, 4.69) is 29.2 Å². The van der Waals surface area contributed by atoms with Crippen LogP contribution in [0.25, 0.3) is 21.3 Å². The number of aromatic nitrogens is 2. The fourth-order valence-electron chi connectivity index (χ4n) is 3.63. The number of nitrogens with one attached hydrogen (secondary N) is 1. The van der Waals surface area contributed by atoms with E-state index < -0.39 is 0 Å². The monoisotopic (exact) mass is 424 g/mol. The van der Waals surface area contributed by atoms with Crippen molar-refractivity contribution in [3.05, 3.63) is 51.9 Å². The van der Waals surface area contributed by atoms with E-state index in [0.29, 0.717) is 30.6 Å². The molecule has 1 aliphatic carbocycles. The Morgan fingerprint density at radius 2 is 2.07 bits per heavy atom. The van der Waals surface area contributed by atoms with Gasteiger partial charge in [-0.1, -0.05) is 29.8 Å². The summed E-state index contributed by atoms with van der Waals surface area (Å²) in [6.45, 7) is 5.12. The number of likely N-dealkylation sites (N-methyl/N-ethyl adjacent to an activating group) is 1. The third kappa shape index (κ3) is 4.47. The zero-order valence-electron chi connectivity index (χ0n) is 17.7. The predicted octanol–water partition coefficient (Wildman–Crippen LogP) is 3.42. The van der Waals surface area contributed by atoms with E-state index >= 15 is 0 Å². The Bertz CT molecular complexity index is 1100. The highest BCUT2D eigenvalue weighted by atomic mass is 32.1. The second-order valence-electron chi connectivity index (χ2n) is 8.24. The summed E-state index contributed by atoms with van der Waals surface area (Å²) in [5.41, 5.74) is 3.00. The van der Waals surface area contributed by atoms with Gasteiger partial charge in [-0.3, -0.25) is 19.1 Å². The molecule has 1 aromatic carbocycles. The van der Waals surface area contributed by atoms with Crippen LogP contribution in [0.15, 0.2) is 40.8 Å². The Kier molecular flexibility index (Phi) is 6.01. The number of thiophene rings is 1. The van der Waals surface area contributed by atoms with Gasteiger partial charge in [-0.15, -0.1) is 11.3 Å². The molecule has 1 fully saturated rings. The fourth-order valence-corrected chi connectivity index (χ4v) is 4.54. The van der Waals surface area contributed by atoms with E-state index in [-0.39, 0.29) is 17.9 Å². The van der Waals surface area contributed by atoms with Gasteiger partial charge in [0.1, 0.15) is 4.83 Å². The minimum atomic E-state index is -0.0912. The number of nitrogens with zero attached hydrogens (tertiary/aromatic N) is 3. The van der Waals surface area contributed by atoms with Gasteiger partial charge in [-0.05, 0) is 39.3 Å². The highest BCUT2D eigenvalue weighted by Gasteiger charge is 2.29. The van der Waals surface area contributed by atoms with Gasteiger partial charge < -0.3 is 5.32 Å². The fraction of sp³-hybridized carbons (Fsp3) is 0.435. The van der Waals surface area contributed by atoms with Crippen LogP contribution in [-0.4, -0.2) is 46.0 Å². The summed E-state index contributed by atoms with van der Waals surface area (Å²) in [7, 11) is 2.11. The average Bonchev–Trinajstić information content (AvgIpc) is 3.50. The molecular formula is C23H28N4O2S. The average molecular weight is 425 g/mol. The lowest BCUT2D eigenvalue weighted by molar-refractivity contribution is -0.121. The highest BCUT2D eigenvalue weighted by molar-refractivity contribution is 7.17. The molecule has 0 radical (unpaired) electrons. The van der Waals surface area contributed by atoms with E-state index in [0.717, 1.165) is 16.0 Å². The molecule has 3 aromatic rings. The molecule has 1 N–H and O–H groups in total. The molecule has 2 heterocycles. The van der Waals surface area contributed by atoms with Crippen LogP contribution in [-0.2, 0) is 11.3 Å². The van der Waals surface area contributed by atoms with E-state index in [4.69, 9.17) is 0 Å². The van der Waals surface area contributed by atoms with Crippen molar-refractivity contribution in [2.24, 2.45) is 0 Å². The number of amides is 1. The van der Waals surface area contributed by atoms with Gasteiger partial charge in [0.2, 0.25) is 5.91 Å². The number of benzene rings is 1. The summed E-state index contributed by atoms with van der Waals surface area (Å²) in [6.07, 6.45) is 4.31. The maximum Gasteiger partial charge on any atom is 0.262 e. The molecule has 0 aliphatic heterocycles. The second kappa shape index (κ2) is 8.70. The lowest BCUT2D eigenvalue weighted by Crippen LogP contribution is -2.41. The lowest BCUT2D eigenvalue weighted by Gasteiger charge is -2.24. The summed E-state index contributed by atoms with van der Waals surface area (Å²) >= 11 is 1.47. The van der Waals surface area contributed by atoms with E-state index in [1.807, 2.05) is 36.6 Å². The Labute approximate surface area is 180 Å². The molecule has 0 saturated heterocycles. The molecule has 1 aliphatic rings. The molecule has 1 unspecified atom stereocenters. The third-order valence-corrected chi connectivity index (χ3v) is 6.80. The number of hydrogen-bond acceptors (Lipinski definition) is 5. The van der Waals surface area contributed by atoms with E-state index in [9.17, 15) is 9.59 Å². The molecule has 2 aromatic heterocycles. The number of rotatable bonds is 8. The van der Waals surface area contributed by atoms with Crippen molar-refractivity contribution in [3.63, 3.8) is 0 Å². The smallest absolute Gasteiger partial charge is 0.262 e. The zero-order valence-corrected chi connectivity index (χ0v) is 18.5. The van der Waals surface area contributed by atoms with Gasteiger partial charge in [-0.2, -0.15) is 0 Å². The topological polar surface area (TPSA) is 67.2 Å². The van der Waals surface area contributed by atoms with Crippen LogP contribution in [0, 0.1) is 6.92 Å². The maximum absolute atomic E-state index is 13.1. The van der Waals surface area contributed by atoms with Crippen LogP contribution in [0.1, 0.15) is 31.7 Å². The summed E-state index contributed by atoms with van der Waals surface area (Å²) in [4.78, 5) is 32.9. The first-order valence-corrected chi connectivity index (χ1v) is 11.3. The van der Waals surface area contributed by atoms with Gasteiger partial charge in [0, 0.05) is 42.5 Å².